The average molecular weight is 320 g/mol. The Hall–Kier alpha value is -2.55. The van der Waals surface area contributed by atoms with E-state index in [1.165, 1.54) is 5.56 Å². The second kappa shape index (κ2) is 6.52. The number of rotatable bonds is 4. The highest BCUT2D eigenvalue weighted by molar-refractivity contribution is 5.67. The molecule has 0 saturated heterocycles. The van der Waals surface area contributed by atoms with E-state index < -0.39 is 0 Å². The molecule has 3 aromatic rings. The van der Waals surface area contributed by atoms with E-state index in [4.69, 9.17) is 0 Å². The smallest absolute Gasteiger partial charge is 0.275 e. The van der Waals surface area contributed by atoms with Crippen LogP contribution in [0.25, 0.3) is 16.9 Å². The molecule has 3 nitrogen and oxygen atoms in total. The average Bonchev–Trinajstić information content (AvgIpc) is 2.85. The molecule has 24 heavy (non-hydrogen) atoms. The number of hydrogen-bond acceptors (Lipinski definition) is 1. The zero-order valence-corrected chi connectivity index (χ0v) is 14.8. The van der Waals surface area contributed by atoms with E-state index in [1.807, 2.05) is 43.3 Å². The van der Waals surface area contributed by atoms with Gasteiger partial charge in [0.25, 0.3) is 5.56 Å². The molecule has 3 heteroatoms. The van der Waals surface area contributed by atoms with Crippen LogP contribution in [-0.4, -0.2) is 9.78 Å². The highest BCUT2D eigenvalue weighted by atomic mass is 16.1. The van der Waals surface area contributed by atoms with Crippen LogP contribution >= 0.6 is 0 Å². The molecule has 3 rings (SSSR count). The summed E-state index contributed by atoms with van der Waals surface area (Å²) in [6, 6.07) is 16.2. The van der Waals surface area contributed by atoms with Crippen LogP contribution < -0.4 is 5.56 Å². The van der Waals surface area contributed by atoms with Crippen LogP contribution in [0.15, 0.2) is 53.3 Å². The third kappa shape index (κ3) is 2.94. The van der Waals surface area contributed by atoms with Crippen molar-refractivity contribution in [3.63, 3.8) is 0 Å². The lowest BCUT2D eigenvalue weighted by molar-refractivity contribution is 0.644. The summed E-state index contributed by atoms with van der Waals surface area (Å²) in [4.78, 5) is 13.1. The largest absolute Gasteiger partial charge is 0.290 e. The molecule has 0 fully saturated rings. The Kier molecular flexibility index (Phi) is 4.43. The molecule has 0 aliphatic carbocycles. The second-order valence-electron chi connectivity index (χ2n) is 6.81. The minimum atomic E-state index is 0.0521. The van der Waals surface area contributed by atoms with Crippen LogP contribution in [0.1, 0.15) is 30.5 Å². The van der Waals surface area contributed by atoms with Crippen molar-refractivity contribution in [1.29, 1.82) is 0 Å². The quantitative estimate of drug-likeness (QED) is 0.746. The van der Waals surface area contributed by atoms with Crippen molar-refractivity contribution in [3.8, 4) is 16.9 Å². The first kappa shape index (κ1) is 16.3. The first-order valence-electron chi connectivity index (χ1n) is 8.45. The van der Waals surface area contributed by atoms with Gasteiger partial charge < -0.3 is 0 Å². The maximum atomic E-state index is 13.1. The van der Waals surface area contributed by atoms with Crippen molar-refractivity contribution in [2.45, 2.75) is 34.1 Å². The predicted octanol–water partition coefficient (Wildman–Crippen LogP) is 4.65. The minimum absolute atomic E-state index is 0.0521. The Labute approximate surface area is 143 Å². The lowest BCUT2D eigenvalue weighted by atomic mass is 9.97. The van der Waals surface area contributed by atoms with Crippen molar-refractivity contribution in [3.05, 3.63) is 75.6 Å². The van der Waals surface area contributed by atoms with E-state index in [0.717, 1.165) is 34.5 Å². The minimum Gasteiger partial charge on any atom is -0.290 e. The van der Waals surface area contributed by atoms with Gasteiger partial charge in [-0.25, -0.2) is 4.68 Å². The van der Waals surface area contributed by atoms with Gasteiger partial charge in [0.2, 0.25) is 0 Å². The van der Waals surface area contributed by atoms with Gasteiger partial charge in [0.05, 0.1) is 11.4 Å². The van der Waals surface area contributed by atoms with Gasteiger partial charge >= 0.3 is 0 Å². The molecule has 1 aromatic heterocycles. The van der Waals surface area contributed by atoms with Crippen molar-refractivity contribution >= 4 is 0 Å². The lowest BCUT2D eigenvalue weighted by Gasteiger charge is -2.08. The molecule has 124 valence electrons. The Morgan fingerprint density at radius 1 is 0.958 bits per heavy atom. The molecular formula is C21H24N2O. The van der Waals surface area contributed by atoms with Crippen LogP contribution in [0.4, 0.5) is 0 Å². The molecule has 2 aromatic carbocycles. The number of para-hydroxylation sites is 1. The zero-order chi connectivity index (χ0) is 17.3. The summed E-state index contributed by atoms with van der Waals surface area (Å²) in [5, 5.41) is 3.37. The maximum Gasteiger partial charge on any atom is 0.275 e. The molecular weight excluding hydrogens is 296 g/mol. The SMILES string of the molecule is Cc1ccccc1-c1[nH]n(-c2ccccc2C)c(=O)c1CC(C)C. The fraction of sp³-hybridized carbons (Fsp3) is 0.286. The number of aromatic nitrogens is 2. The van der Waals surface area contributed by atoms with Gasteiger partial charge in [0.1, 0.15) is 0 Å². The maximum absolute atomic E-state index is 13.1. The summed E-state index contributed by atoms with van der Waals surface area (Å²) in [5.74, 6) is 0.418. The molecule has 0 saturated carbocycles. The molecule has 0 aliphatic heterocycles. The normalized spacial score (nSPS) is 11.2. The Bertz CT molecular complexity index is 916. The van der Waals surface area contributed by atoms with Crippen molar-refractivity contribution < 1.29 is 0 Å². The molecule has 1 N–H and O–H groups in total. The number of nitrogens with zero attached hydrogens (tertiary/aromatic N) is 1. The van der Waals surface area contributed by atoms with Gasteiger partial charge in [-0.15, -0.1) is 0 Å². The highest BCUT2D eigenvalue weighted by Crippen LogP contribution is 2.26. The van der Waals surface area contributed by atoms with Crippen molar-refractivity contribution in [2.75, 3.05) is 0 Å². The zero-order valence-electron chi connectivity index (χ0n) is 14.8. The van der Waals surface area contributed by atoms with Crippen LogP contribution in [-0.2, 0) is 6.42 Å². The molecule has 0 unspecified atom stereocenters. The van der Waals surface area contributed by atoms with Gasteiger partial charge in [-0.3, -0.25) is 9.89 Å². The van der Waals surface area contributed by atoms with Gasteiger partial charge in [0, 0.05) is 11.1 Å². The van der Waals surface area contributed by atoms with Gasteiger partial charge in [-0.1, -0.05) is 56.3 Å². The lowest BCUT2D eigenvalue weighted by Crippen LogP contribution is -2.19. The number of hydrogen-bond donors (Lipinski definition) is 1. The summed E-state index contributed by atoms with van der Waals surface area (Å²) < 4.78 is 1.69. The summed E-state index contributed by atoms with van der Waals surface area (Å²) >= 11 is 0. The van der Waals surface area contributed by atoms with Crippen molar-refractivity contribution in [2.24, 2.45) is 5.92 Å². The monoisotopic (exact) mass is 320 g/mol. The standard InChI is InChI=1S/C21H24N2O/c1-14(2)13-18-20(17-11-7-5-9-15(17)3)22-23(21(18)24)19-12-8-6-10-16(19)4/h5-12,14,22H,13H2,1-4H3. The molecule has 1 heterocycles. The predicted molar refractivity (Wildman–Crippen MR) is 99.8 cm³/mol. The number of aromatic amines is 1. The summed E-state index contributed by atoms with van der Waals surface area (Å²) in [7, 11) is 0. The van der Waals surface area contributed by atoms with E-state index in [2.05, 4.69) is 38.0 Å². The fourth-order valence-corrected chi connectivity index (χ4v) is 3.13. The number of aryl methyl sites for hydroxylation is 2. The first-order chi connectivity index (χ1) is 11.5. The first-order valence-corrected chi connectivity index (χ1v) is 8.45. The Balaban J connectivity index is 2.26. The topological polar surface area (TPSA) is 37.8 Å². The highest BCUT2D eigenvalue weighted by Gasteiger charge is 2.19. The second-order valence-corrected chi connectivity index (χ2v) is 6.81. The van der Waals surface area contributed by atoms with Gasteiger partial charge in [0.15, 0.2) is 0 Å². The third-order valence-corrected chi connectivity index (χ3v) is 4.37. The van der Waals surface area contributed by atoms with E-state index in [9.17, 15) is 4.79 Å². The third-order valence-electron chi connectivity index (χ3n) is 4.37. The molecule has 0 aliphatic rings. The summed E-state index contributed by atoms with van der Waals surface area (Å²) in [5.41, 5.74) is 6.10. The fourth-order valence-electron chi connectivity index (χ4n) is 3.13. The van der Waals surface area contributed by atoms with Crippen LogP contribution in [0.5, 0.6) is 0 Å². The molecule has 0 amide bonds. The summed E-state index contributed by atoms with van der Waals surface area (Å²) in [6.45, 7) is 8.40. The van der Waals surface area contributed by atoms with Gasteiger partial charge in [-0.2, -0.15) is 0 Å². The van der Waals surface area contributed by atoms with E-state index in [1.54, 1.807) is 4.68 Å². The Morgan fingerprint density at radius 2 is 1.58 bits per heavy atom. The molecule has 0 bridgehead atoms. The van der Waals surface area contributed by atoms with Crippen LogP contribution in [0.3, 0.4) is 0 Å². The molecule has 0 spiro atoms. The van der Waals surface area contributed by atoms with Crippen molar-refractivity contribution in [1.82, 2.24) is 9.78 Å². The van der Waals surface area contributed by atoms with Crippen LogP contribution in [0.2, 0.25) is 0 Å². The number of H-pyrrole nitrogens is 1. The Morgan fingerprint density at radius 3 is 2.21 bits per heavy atom. The molecule has 0 radical (unpaired) electrons. The number of benzene rings is 2. The molecule has 0 atom stereocenters. The van der Waals surface area contributed by atoms with E-state index in [-0.39, 0.29) is 5.56 Å². The van der Waals surface area contributed by atoms with E-state index in [0.29, 0.717) is 5.92 Å². The number of nitrogens with one attached hydrogen (secondary N) is 1. The van der Waals surface area contributed by atoms with Crippen LogP contribution in [0, 0.1) is 19.8 Å². The van der Waals surface area contributed by atoms with E-state index >= 15 is 0 Å². The summed E-state index contributed by atoms with van der Waals surface area (Å²) in [6.07, 6.45) is 0.762. The van der Waals surface area contributed by atoms with Gasteiger partial charge in [-0.05, 0) is 43.4 Å².